The van der Waals surface area contributed by atoms with Crippen molar-refractivity contribution < 1.29 is 4.79 Å². The van der Waals surface area contributed by atoms with E-state index < -0.39 is 0 Å². The molecule has 2 aromatic rings. The van der Waals surface area contributed by atoms with Gasteiger partial charge in [-0.3, -0.25) is 4.79 Å². The molecular formula is C21H28N2O. The van der Waals surface area contributed by atoms with Gasteiger partial charge in [-0.05, 0) is 36.0 Å². The summed E-state index contributed by atoms with van der Waals surface area (Å²) in [7, 11) is 0. The van der Waals surface area contributed by atoms with E-state index >= 15 is 0 Å². The molecule has 0 saturated carbocycles. The lowest BCUT2D eigenvalue weighted by Crippen LogP contribution is -2.36. The summed E-state index contributed by atoms with van der Waals surface area (Å²) in [5, 5.41) is 3.21. The van der Waals surface area contributed by atoms with E-state index in [1.165, 1.54) is 5.56 Å². The first-order valence-electron chi connectivity index (χ1n) is 8.46. The number of nitrogen functional groups attached to an aromatic ring is 1. The van der Waals surface area contributed by atoms with Crippen LogP contribution in [0.1, 0.15) is 49.9 Å². The summed E-state index contributed by atoms with van der Waals surface area (Å²) in [6.45, 7) is 8.52. The highest BCUT2D eigenvalue weighted by Gasteiger charge is 2.27. The zero-order valence-electron chi connectivity index (χ0n) is 15.1. The summed E-state index contributed by atoms with van der Waals surface area (Å²) < 4.78 is 0. The van der Waals surface area contributed by atoms with Crippen LogP contribution in [-0.4, -0.2) is 5.91 Å². The van der Waals surface area contributed by atoms with Gasteiger partial charge < -0.3 is 11.1 Å². The van der Waals surface area contributed by atoms with Crippen molar-refractivity contribution in [2.75, 3.05) is 5.73 Å². The minimum atomic E-state index is -0.0603. The van der Waals surface area contributed by atoms with Crippen molar-refractivity contribution in [1.82, 2.24) is 5.32 Å². The van der Waals surface area contributed by atoms with E-state index in [1.807, 2.05) is 30.3 Å². The molecule has 0 aliphatic rings. The van der Waals surface area contributed by atoms with E-state index in [4.69, 9.17) is 5.73 Å². The highest BCUT2D eigenvalue weighted by molar-refractivity contribution is 5.77. The zero-order chi connectivity index (χ0) is 17.7. The normalized spacial score (nSPS) is 12.7. The van der Waals surface area contributed by atoms with Crippen molar-refractivity contribution in [2.24, 2.45) is 5.41 Å². The van der Waals surface area contributed by atoms with Gasteiger partial charge in [0, 0.05) is 12.1 Å². The molecule has 128 valence electrons. The number of nitrogens with two attached hydrogens (primary N) is 1. The van der Waals surface area contributed by atoms with Gasteiger partial charge in [-0.15, -0.1) is 0 Å². The molecule has 1 atom stereocenters. The number of benzene rings is 2. The van der Waals surface area contributed by atoms with E-state index in [1.54, 1.807) is 0 Å². The number of rotatable bonds is 5. The van der Waals surface area contributed by atoms with Crippen LogP contribution < -0.4 is 11.1 Å². The van der Waals surface area contributed by atoms with Gasteiger partial charge in [-0.1, -0.05) is 68.8 Å². The van der Waals surface area contributed by atoms with Crippen molar-refractivity contribution >= 4 is 11.6 Å². The molecule has 0 saturated heterocycles. The Balaban J connectivity index is 2.07. The molecule has 0 spiro atoms. The Morgan fingerprint density at radius 1 is 1.12 bits per heavy atom. The number of para-hydroxylation sites is 1. The van der Waals surface area contributed by atoms with Crippen molar-refractivity contribution in [3.05, 3.63) is 65.2 Å². The Morgan fingerprint density at radius 2 is 1.83 bits per heavy atom. The molecule has 0 fully saturated rings. The fourth-order valence-electron chi connectivity index (χ4n) is 2.89. The first-order valence-corrected chi connectivity index (χ1v) is 8.46. The smallest absolute Gasteiger partial charge is 0.220 e. The van der Waals surface area contributed by atoms with Crippen LogP contribution in [0, 0.1) is 12.3 Å². The number of nitrogens with one attached hydrogen (secondary N) is 1. The first-order chi connectivity index (χ1) is 11.3. The average Bonchev–Trinajstić information content (AvgIpc) is 2.50. The molecule has 0 aliphatic carbocycles. The molecule has 3 heteroatoms. The van der Waals surface area contributed by atoms with Crippen molar-refractivity contribution in [2.45, 2.75) is 46.6 Å². The molecular weight excluding hydrogens is 296 g/mol. The van der Waals surface area contributed by atoms with Crippen LogP contribution in [0.25, 0.3) is 0 Å². The minimum Gasteiger partial charge on any atom is -0.399 e. The van der Waals surface area contributed by atoms with Crippen LogP contribution >= 0.6 is 0 Å². The number of hydrogen-bond donors (Lipinski definition) is 2. The maximum Gasteiger partial charge on any atom is 0.220 e. The molecule has 1 unspecified atom stereocenters. The first kappa shape index (κ1) is 18.1. The third kappa shape index (κ3) is 4.85. The molecule has 3 N–H and O–H groups in total. The average molecular weight is 324 g/mol. The van der Waals surface area contributed by atoms with E-state index in [-0.39, 0.29) is 17.4 Å². The second-order valence-electron chi connectivity index (χ2n) is 7.48. The SMILES string of the molecule is Cc1cccc(C(NC(=O)CCc2ccccc2N)C(C)(C)C)c1. The molecule has 1 amide bonds. The van der Waals surface area contributed by atoms with E-state index in [2.05, 4.69) is 51.2 Å². The number of aryl methyl sites for hydroxylation is 2. The van der Waals surface area contributed by atoms with E-state index in [9.17, 15) is 4.79 Å². The molecule has 0 bridgehead atoms. The summed E-state index contributed by atoms with van der Waals surface area (Å²) in [6.07, 6.45) is 1.09. The predicted molar refractivity (Wildman–Crippen MR) is 101 cm³/mol. The second-order valence-corrected chi connectivity index (χ2v) is 7.48. The number of carbonyl (C=O) groups excluding carboxylic acids is 1. The Bertz CT molecular complexity index is 701. The molecule has 24 heavy (non-hydrogen) atoms. The zero-order valence-corrected chi connectivity index (χ0v) is 15.1. The lowest BCUT2D eigenvalue weighted by molar-refractivity contribution is -0.122. The number of hydrogen-bond acceptors (Lipinski definition) is 2. The fraction of sp³-hybridized carbons (Fsp3) is 0.381. The molecule has 0 aromatic heterocycles. The fourth-order valence-corrected chi connectivity index (χ4v) is 2.89. The van der Waals surface area contributed by atoms with Crippen LogP contribution in [0.3, 0.4) is 0 Å². The lowest BCUT2D eigenvalue weighted by atomic mass is 9.82. The van der Waals surface area contributed by atoms with E-state index in [0.29, 0.717) is 12.8 Å². The molecule has 0 heterocycles. The van der Waals surface area contributed by atoms with Gasteiger partial charge in [0.15, 0.2) is 0 Å². The van der Waals surface area contributed by atoms with Gasteiger partial charge in [0.2, 0.25) is 5.91 Å². The molecule has 2 aromatic carbocycles. The van der Waals surface area contributed by atoms with Crippen LogP contribution in [0.4, 0.5) is 5.69 Å². The minimum absolute atomic E-state index is 0.0157. The number of anilines is 1. The third-order valence-corrected chi connectivity index (χ3v) is 4.22. The maximum atomic E-state index is 12.5. The van der Waals surface area contributed by atoms with Crippen molar-refractivity contribution in [1.29, 1.82) is 0 Å². The third-order valence-electron chi connectivity index (χ3n) is 4.22. The van der Waals surface area contributed by atoms with Gasteiger partial charge in [0.05, 0.1) is 6.04 Å². The summed E-state index contributed by atoms with van der Waals surface area (Å²) in [4.78, 5) is 12.5. The highest BCUT2D eigenvalue weighted by Crippen LogP contribution is 2.33. The Kier molecular flexibility index (Phi) is 5.66. The summed E-state index contributed by atoms with van der Waals surface area (Å²) in [5.41, 5.74) is 10.0. The Morgan fingerprint density at radius 3 is 2.46 bits per heavy atom. The lowest BCUT2D eigenvalue weighted by Gasteiger charge is -2.32. The quantitative estimate of drug-likeness (QED) is 0.800. The summed E-state index contributed by atoms with van der Waals surface area (Å²) in [6, 6.07) is 16.0. The van der Waals surface area contributed by atoms with Gasteiger partial charge in [-0.25, -0.2) is 0 Å². The van der Waals surface area contributed by atoms with Gasteiger partial charge >= 0.3 is 0 Å². The topological polar surface area (TPSA) is 55.1 Å². The van der Waals surface area contributed by atoms with Crippen LogP contribution in [-0.2, 0) is 11.2 Å². The van der Waals surface area contributed by atoms with Gasteiger partial charge in [-0.2, -0.15) is 0 Å². The standard InChI is InChI=1S/C21H28N2O/c1-15-8-7-10-17(14-15)20(21(2,3)4)23-19(24)13-12-16-9-5-6-11-18(16)22/h5-11,14,20H,12-13,22H2,1-4H3,(H,23,24). The summed E-state index contributed by atoms with van der Waals surface area (Å²) >= 11 is 0. The van der Waals surface area contributed by atoms with Crippen molar-refractivity contribution in [3.63, 3.8) is 0 Å². The molecule has 0 aliphatic heterocycles. The molecule has 2 rings (SSSR count). The van der Waals surface area contributed by atoms with E-state index in [0.717, 1.165) is 16.8 Å². The monoisotopic (exact) mass is 324 g/mol. The van der Waals surface area contributed by atoms with Crippen LogP contribution in [0.5, 0.6) is 0 Å². The van der Waals surface area contributed by atoms with Gasteiger partial charge in [0.1, 0.15) is 0 Å². The molecule has 0 radical (unpaired) electrons. The second kappa shape index (κ2) is 7.52. The Labute approximate surface area is 145 Å². The Hall–Kier alpha value is -2.29. The summed E-state index contributed by atoms with van der Waals surface area (Å²) in [5.74, 6) is 0.0553. The highest BCUT2D eigenvalue weighted by atomic mass is 16.1. The van der Waals surface area contributed by atoms with Crippen molar-refractivity contribution in [3.8, 4) is 0 Å². The van der Waals surface area contributed by atoms with Crippen LogP contribution in [0.2, 0.25) is 0 Å². The predicted octanol–water partition coefficient (Wildman–Crippen LogP) is 4.41. The maximum absolute atomic E-state index is 12.5. The number of amides is 1. The molecule has 3 nitrogen and oxygen atoms in total. The number of carbonyl (C=O) groups is 1. The van der Waals surface area contributed by atoms with Gasteiger partial charge in [0.25, 0.3) is 0 Å². The van der Waals surface area contributed by atoms with Crippen LogP contribution in [0.15, 0.2) is 48.5 Å². The largest absolute Gasteiger partial charge is 0.399 e.